The van der Waals surface area contributed by atoms with Crippen LogP contribution in [0.4, 0.5) is 0 Å². The minimum Gasteiger partial charge on any atom is -0.393 e. The molecule has 1 fully saturated rings. The predicted molar refractivity (Wildman–Crippen MR) is 47.3 cm³/mol. The first kappa shape index (κ1) is 8.79. The average molecular weight is 154 g/mol. The van der Waals surface area contributed by atoms with E-state index >= 15 is 0 Å². The highest BCUT2D eigenvalue weighted by Gasteiger charge is 2.33. The van der Waals surface area contributed by atoms with Crippen LogP contribution in [0.15, 0.2) is 12.7 Å². The van der Waals surface area contributed by atoms with Crippen molar-refractivity contribution >= 4 is 0 Å². The summed E-state index contributed by atoms with van der Waals surface area (Å²) in [6.45, 7) is 8.28. The van der Waals surface area contributed by atoms with Crippen LogP contribution in [0.1, 0.15) is 33.1 Å². The second kappa shape index (κ2) is 2.98. The normalized spacial score (nSPS) is 45.4. The Hall–Kier alpha value is -0.300. The summed E-state index contributed by atoms with van der Waals surface area (Å²) in [6, 6.07) is 0. The van der Waals surface area contributed by atoms with Crippen molar-refractivity contribution in [3.05, 3.63) is 12.7 Å². The topological polar surface area (TPSA) is 20.2 Å². The number of aliphatic hydroxyl groups excluding tert-OH is 1. The summed E-state index contributed by atoms with van der Waals surface area (Å²) in [5.41, 5.74) is 0.263. The molecule has 1 aliphatic carbocycles. The van der Waals surface area contributed by atoms with Gasteiger partial charge in [0.25, 0.3) is 0 Å². The van der Waals surface area contributed by atoms with E-state index < -0.39 is 0 Å². The number of hydrogen-bond acceptors (Lipinski definition) is 1. The standard InChI is InChI=1S/C10H18O/c1-4-10(3)6-5-9(11)7-8(10)2/h4,8-9,11H,1,5-7H2,2-3H3. The van der Waals surface area contributed by atoms with Crippen molar-refractivity contribution in [1.82, 2.24) is 0 Å². The van der Waals surface area contributed by atoms with Gasteiger partial charge in [-0.25, -0.2) is 0 Å². The van der Waals surface area contributed by atoms with Crippen LogP contribution >= 0.6 is 0 Å². The highest BCUT2D eigenvalue weighted by atomic mass is 16.3. The highest BCUT2D eigenvalue weighted by Crippen LogP contribution is 2.41. The molecule has 0 amide bonds. The van der Waals surface area contributed by atoms with Crippen LogP contribution in [0.5, 0.6) is 0 Å². The summed E-state index contributed by atoms with van der Waals surface area (Å²) < 4.78 is 0. The van der Waals surface area contributed by atoms with Crippen molar-refractivity contribution in [3.8, 4) is 0 Å². The van der Waals surface area contributed by atoms with Crippen LogP contribution in [0.3, 0.4) is 0 Å². The number of aliphatic hydroxyl groups is 1. The molecule has 0 saturated heterocycles. The first-order valence-corrected chi connectivity index (χ1v) is 4.40. The van der Waals surface area contributed by atoms with Crippen molar-refractivity contribution < 1.29 is 5.11 Å². The minimum absolute atomic E-state index is 0.0713. The van der Waals surface area contributed by atoms with E-state index in [1.165, 1.54) is 0 Å². The van der Waals surface area contributed by atoms with Crippen LogP contribution in [0, 0.1) is 11.3 Å². The molecule has 1 N–H and O–H groups in total. The zero-order chi connectivity index (χ0) is 8.48. The van der Waals surface area contributed by atoms with Crippen molar-refractivity contribution in [1.29, 1.82) is 0 Å². The largest absolute Gasteiger partial charge is 0.393 e. The molecule has 64 valence electrons. The summed E-state index contributed by atoms with van der Waals surface area (Å²) in [6.07, 6.45) is 4.93. The first-order chi connectivity index (χ1) is 5.08. The summed E-state index contributed by atoms with van der Waals surface area (Å²) in [7, 11) is 0. The lowest BCUT2D eigenvalue weighted by atomic mass is 9.68. The maximum absolute atomic E-state index is 9.37. The SMILES string of the molecule is C=CC1(C)CCC(O)CC1C. The smallest absolute Gasteiger partial charge is 0.0543 e. The fourth-order valence-corrected chi connectivity index (χ4v) is 1.82. The van der Waals surface area contributed by atoms with Gasteiger partial charge in [0.15, 0.2) is 0 Å². The predicted octanol–water partition coefficient (Wildman–Crippen LogP) is 2.36. The van der Waals surface area contributed by atoms with Crippen LogP contribution in [-0.4, -0.2) is 11.2 Å². The zero-order valence-electron chi connectivity index (χ0n) is 7.51. The Morgan fingerprint density at radius 3 is 2.73 bits per heavy atom. The molecule has 1 aliphatic rings. The van der Waals surface area contributed by atoms with E-state index in [1.807, 2.05) is 6.08 Å². The Balaban J connectivity index is 2.63. The van der Waals surface area contributed by atoms with E-state index in [1.54, 1.807) is 0 Å². The lowest BCUT2D eigenvalue weighted by Crippen LogP contribution is -2.32. The summed E-state index contributed by atoms with van der Waals surface area (Å²) >= 11 is 0. The third-order valence-electron chi connectivity index (χ3n) is 3.23. The molecule has 0 aliphatic heterocycles. The molecule has 1 rings (SSSR count). The van der Waals surface area contributed by atoms with Gasteiger partial charge in [-0.3, -0.25) is 0 Å². The molecular weight excluding hydrogens is 136 g/mol. The fourth-order valence-electron chi connectivity index (χ4n) is 1.82. The van der Waals surface area contributed by atoms with E-state index in [2.05, 4.69) is 20.4 Å². The maximum atomic E-state index is 9.37. The molecule has 0 aromatic rings. The molecule has 0 heterocycles. The van der Waals surface area contributed by atoms with Crippen LogP contribution in [0.2, 0.25) is 0 Å². The van der Waals surface area contributed by atoms with Gasteiger partial charge in [-0.05, 0) is 30.6 Å². The molecule has 1 nitrogen and oxygen atoms in total. The molecule has 0 aromatic carbocycles. The molecule has 3 unspecified atom stereocenters. The molecule has 0 bridgehead atoms. The average Bonchev–Trinajstić information content (AvgIpc) is 1.98. The zero-order valence-corrected chi connectivity index (χ0v) is 7.51. The lowest BCUT2D eigenvalue weighted by molar-refractivity contribution is 0.0512. The molecule has 3 atom stereocenters. The van der Waals surface area contributed by atoms with Gasteiger partial charge in [-0.2, -0.15) is 0 Å². The maximum Gasteiger partial charge on any atom is 0.0543 e. The van der Waals surface area contributed by atoms with Crippen LogP contribution in [0.25, 0.3) is 0 Å². The Morgan fingerprint density at radius 2 is 2.27 bits per heavy atom. The Bertz CT molecular complexity index is 153. The van der Waals surface area contributed by atoms with Crippen molar-refractivity contribution in [3.63, 3.8) is 0 Å². The van der Waals surface area contributed by atoms with Gasteiger partial charge < -0.3 is 5.11 Å². The fraction of sp³-hybridized carbons (Fsp3) is 0.800. The molecule has 11 heavy (non-hydrogen) atoms. The molecular formula is C10H18O. The second-order valence-electron chi connectivity index (χ2n) is 4.04. The lowest BCUT2D eigenvalue weighted by Gasteiger charge is -2.39. The third-order valence-corrected chi connectivity index (χ3v) is 3.23. The quantitative estimate of drug-likeness (QED) is 0.575. The third kappa shape index (κ3) is 1.64. The van der Waals surface area contributed by atoms with E-state index in [0.717, 1.165) is 19.3 Å². The van der Waals surface area contributed by atoms with Gasteiger partial charge in [0.05, 0.1) is 6.10 Å². The van der Waals surface area contributed by atoms with Gasteiger partial charge in [-0.1, -0.05) is 19.9 Å². The number of rotatable bonds is 1. The van der Waals surface area contributed by atoms with Crippen molar-refractivity contribution in [2.24, 2.45) is 11.3 Å². The molecule has 0 spiro atoms. The Morgan fingerprint density at radius 1 is 1.64 bits per heavy atom. The summed E-state index contributed by atoms with van der Waals surface area (Å²) in [5.74, 6) is 0.573. The number of hydrogen-bond donors (Lipinski definition) is 1. The first-order valence-electron chi connectivity index (χ1n) is 4.40. The van der Waals surface area contributed by atoms with E-state index in [-0.39, 0.29) is 11.5 Å². The van der Waals surface area contributed by atoms with Gasteiger partial charge in [0.2, 0.25) is 0 Å². The van der Waals surface area contributed by atoms with Crippen LogP contribution in [-0.2, 0) is 0 Å². The Kier molecular flexibility index (Phi) is 2.38. The Labute approximate surface area is 69.1 Å². The molecule has 0 aromatic heterocycles. The summed E-state index contributed by atoms with van der Waals surface area (Å²) in [4.78, 5) is 0. The van der Waals surface area contributed by atoms with Gasteiger partial charge in [-0.15, -0.1) is 6.58 Å². The van der Waals surface area contributed by atoms with Crippen molar-refractivity contribution in [2.75, 3.05) is 0 Å². The van der Waals surface area contributed by atoms with E-state index in [0.29, 0.717) is 5.92 Å². The van der Waals surface area contributed by atoms with E-state index in [9.17, 15) is 5.11 Å². The van der Waals surface area contributed by atoms with Crippen molar-refractivity contribution in [2.45, 2.75) is 39.2 Å². The number of allylic oxidation sites excluding steroid dienone is 1. The molecule has 1 saturated carbocycles. The minimum atomic E-state index is -0.0713. The van der Waals surface area contributed by atoms with E-state index in [4.69, 9.17) is 0 Å². The van der Waals surface area contributed by atoms with Gasteiger partial charge >= 0.3 is 0 Å². The van der Waals surface area contributed by atoms with Crippen LogP contribution < -0.4 is 0 Å². The highest BCUT2D eigenvalue weighted by molar-refractivity contribution is 4.98. The second-order valence-corrected chi connectivity index (χ2v) is 4.04. The summed E-state index contributed by atoms with van der Waals surface area (Å²) in [5, 5.41) is 9.37. The van der Waals surface area contributed by atoms with Gasteiger partial charge in [0, 0.05) is 0 Å². The van der Waals surface area contributed by atoms with Gasteiger partial charge in [0.1, 0.15) is 0 Å². The molecule has 1 heteroatoms. The monoisotopic (exact) mass is 154 g/mol. The molecule has 0 radical (unpaired) electrons.